The monoisotopic (exact) mass is 272 g/mol. The number of rotatable bonds is 3. The maximum Gasteiger partial charge on any atom is 0.509 e. The van der Waals surface area contributed by atoms with Crippen LogP contribution in [-0.4, -0.2) is 12.8 Å². The van der Waals surface area contributed by atoms with E-state index in [0.29, 0.717) is 5.92 Å². The van der Waals surface area contributed by atoms with Gasteiger partial charge in [-0.15, -0.1) is 0 Å². The second kappa shape index (κ2) is 5.31. The molecule has 0 unspecified atom stereocenters. The molecule has 0 amide bonds. The molecule has 0 aromatic heterocycles. The van der Waals surface area contributed by atoms with E-state index in [0.717, 1.165) is 19.3 Å². The minimum atomic E-state index is -0.577. The molecule has 2 aliphatic carbocycles. The lowest BCUT2D eigenvalue weighted by Gasteiger charge is -2.49. The van der Waals surface area contributed by atoms with Gasteiger partial charge < -0.3 is 9.47 Å². The molecular formula is C17H20O3. The Labute approximate surface area is 119 Å². The lowest BCUT2D eigenvalue weighted by molar-refractivity contribution is -0.0744. The summed E-state index contributed by atoms with van der Waals surface area (Å²) < 4.78 is 10.8. The van der Waals surface area contributed by atoms with Crippen LogP contribution in [0.2, 0.25) is 0 Å². The molecule has 0 spiro atoms. The van der Waals surface area contributed by atoms with E-state index >= 15 is 0 Å². The van der Waals surface area contributed by atoms with Gasteiger partial charge in [-0.05, 0) is 30.4 Å². The summed E-state index contributed by atoms with van der Waals surface area (Å²) in [7, 11) is 0. The van der Waals surface area contributed by atoms with Gasteiger partial charge in [0.1, 0.15) is 12.2 Å². The second-order valence-electron chi connectivity index (χ2n) is 5.58. The molecule has 3 heteroatoms. The van der Waals surface area contributed by atoms with Crippen LogP contribution >= 0.6 is 0 Å². The van der Waals surface area contributed by atoms with Crippen LogP contribution in [0.25, 0.3) is 0 Å². The van der Waals surface area contributed by atoms with Crippen molar-refractivity contribution >= 4 is 6.16 Å². The van der Waals surface area contributed by atoms with Crippen LogP contribution in [0.3, 0.4) is 0 Å². The van der Waals surface area contributed by atoms with Gasteiger partial charge in [0.15, 0.2) is 0 Å². The maximum absolute atomic E-state index is 11.9. The van der Waals surface area contributed by atoms with Gasteiger partial charge in [-0.3, -0.25) is 0 Å². The minimum Gasteiger partial charge on any atom is -0.430 e. The molecule has 3 nitrogen and oxygen atoms in total. The van der Waals surface area contributed by atoms with Crippen LogP contribution in [-0.2, 0) is 15.1 Å². The third-order valence-electron chi connectivity index (χ3n) is 4.48. The van der Waals surface area contributed by atoms with Crippen molar-refractivity contribution in [2.45, 2.75) is 43.6 Å². The normalized spacial score (nSPS) is 27.3. The Morgan fingerprint density at radius 2 is 2.20 bits per heavy atom. The van der Waals surface area contributed by atoms with Crippen LogP contribution in [0.15, 0.2) is 36.9 Å². The molecule has 1 fully saturated rings. The zero-order valence-corrected chi connectivity index (χ0v) is 11.6. The number of carbonyl (C=O) groups is 1. The molecule has 2 atom stereocenters. The van der Waals surface area contributed by atoms with Crippen molar-refractivity contribution in [2.24, 2.45) is 0 Å². The molecule has 2 aliphatic rings. The SMILES string of the molecule is C=CCOC(=O)O[C@@]12CCCCC[C@@H]1c1ccccc12. The molecule has 0 N–H and O–H groups in total. The Balaban J connectivity index is 1.87. The summed E-state index contributed by atoms with van der Waals surface area (Å²) in [5, 5.41) is 0. The predicted octanol–water partition coefficient (Wildman–Crippen LogP) is 4.28. The number of fused-ring (bicyclic) bond motifs is 4. The van der Waals surface area contributed by atoms with E-state index in [2.05, 4.69) is 24.8 Å². The van der Waals surface area contributed by atoms with Crippen molar-refractivity contribution in [1.82, 2.24) is 0 Å². The quantitative estimate of drug-likeness (QED) is 0.608. The predicted molar refractivity (Wildman–Crippen MR) is 76.6 cm³/mol. The van der Waals surface area contributed by atoms with Crippen LogP contribution in [0.4, 0.5) is 4.79 Å². The molecular weight excluding hydrogens is 252 g/mol. The first-order chi connectivity index (χ1) is 9.78. The zero-order chi connectivity index (χ0) is 14.0. The Morgan fingerprint density at radius 3 is 3.05 bits per heavy atom. The lowest BCUT2D eigenvalue weighted by atomic mass is 9.62. The Hall–Kier alpha value is -1.77. The van der Waals surface area contributed by atoms with Gasteiger partial charge in [0, 0.05) is 5.92 Å². The Kier molecular flexibility index (Phi) is 3.51. The molecule has 1 aromatic rings. The summed E-state index contributed by atoms with van der Waals surface area (Å²) >= 11 is 0. The molecule has 0 heterocycles. The van der Waals surface area contributed by atoms with E-state index in [1.165, 1.54) is 24.0 Å². The fraction of sp³-hybridized carbons (Fsp3) is 0.471. The Bertz CT molecular complexity index is 523. The van der Waals surface area contributed by atoms with E-state index < -0.39 is 11.8 Å². The zero-order valence-electron chi connectivity index (χ0n) is 11.6. The summed E-state index contributed by atoms with van der Waals surface area (Å²) in [6.07, 6.45) is 6.47. The summed E-state index contributed by atoms with van der Waals surface area (Å²) in [5.74, 6) is 0.331. The van der Waals surface area contributed by atoms with Crippen molar-refractivity contribution in [3.05, 3.63) is 48.0 Å². The van der Waals surface area contributed by atoms with Gasteiger partial charge in [0.25, 0.3) is 0 Å². The highest BCUT2D eigenvalue weighted by Gasteiger charge is 2.54. The largest absolute Gasteiger partial charge is 0.509 e. The van der Waals surface area contributed by atoms with Crippen molar-refractivity contribution in [1.29, 1.82) is 0 Å². The highest BCUT2D eigenvalue weighted by molar-refractivity contribution is 5.63. The molecule has 1 aromatic carbocycles. The van der Waals surface area contributed by atoms with E-state index in [1.807, 2.05) is 6.07 Å². The van der Waals surface area contributed by atoms with Gasteiger partial charge in [0.2, 0.25) is 0 Å². The number of hydrogen-bond acceptors (Lipinski definition) is 3. The minimum absolute atomic E-state index is 0.196. The molecule has 20 heavy (non-hydrogen) atoms. The van der Waals surface area contributed by atoms with Gasteiger partial charge in [0.05, 0.1) is 0 Å². The average Bonchev–Trinajstić information content (AvgIpc) is 2.64. The fourth-order valence-electron chi connectivity index (χ4n) is 3.64. The lowest BCUT2D eigenvalue weighted by Crippen LogP contribution is -2.46. The fourth-order valence-corrected chi connectivity index (χ4v) is 3.64. The molecule has 0 aliphatic heterocycles. The van der Waals surface area contributed by atoms with Crippen molar-refractivity contribution in [3.63, 3.8) is 0 Å². The number of ether oxygens (including phenoxy) is 2. The third kappa shape index (κ3) is 2.01. The number of carbonyl (C=O) groups excluding carboxylic acids is 1. The highest BCUT2D eigenvalue weighted by atomic mass is 16.7. The smallest absolute Gasteiger partial charge is 0.430 e. The van der Waals surface area contributed by atoms with Gasteiger partial charge in [-0.2, -0.15) is 0 Å². The van der Waals surface area contributed by atoms with Crippen LogP contribution < -0.4 is 0 Å². The van der Waals surface area contributed by atoms with Crippen LogP contribution in [0, 0.1) is 0 Å². The first-order valence-electron chi connectivity index (χ1n) is 7.34. The van der Waals surface area contributed by atoms with E-state index in [9.17, 15) is 4.79 Å². The van der Waals surface area contributed by atoms with Gasteiger partial charge >= 0.3 is 6.16 Å². The van der Waals surface area contributed by atoms with E-state index in [4.69, 9.17) is 9.47 Å². The maximum atomic E-state index is 11.9. The number of hydrogen-bond donors (Lipinski definition) is 0. The van der Waals surface area contributed by atoms with E-state index in [-0.39, 0.29) is 6.61 Å². The van der Waals surface area contributed by atoms with Crippen molar-refractivity contribution < 1.29 is 14.3 Å². The third-order valence-corrected chi connectivity index (χ3v) is 4.48. The van der Waals surface area contributed by atoms with E-state index in [1.54, 1.807) is 6.08 Å². The molecule has 3 rings (SSSR count). The summed E-state index contributed by atoms with van der Waals surface area (Å²) in [5.41, 5.74) is 2.05. The topological polar surface area (TPSA) is 35.5 Å². The highest BCUT2D eigenvalue weighted by Crippen LogP contribution is 2.58. The standard InChI is InChI=1S/C17H20O3/c1-2-12-19-16(18)20-17-11-7-3-4-9-14(17)13-8-5-6-10-15(13)17/h2,5-6,8,10,14H,1,3-4,7,9,11-12H2/t14-,17+/m1/s1. The van der Waals surface area contributed by atoms with Crippen LogP contribution in [0.1, 0.15) is 49.1 Å². The molecule has 0 saturated heterocycles. The molecule has 106 valence electrons. The van der Waals surface area contributed by atoms with Crippen LogP contribution in [0.5, 0.6) is 0 Å². The van der Waals surface area contributed by atoms with Gasteiger partial charge in [-0.25, -0.2) is 4.79 Å². The van der Waals surface area contributed by atoms with Crippen molar-refractivity contribution in [3.8, 4) is 0 Å². The Morgan fingerprint density at radius 1 is 1.35 bits per heavy atom. The van der Waals surface area contributed by atoms with Gasteiger partial charge in [-0.1, -0.05) is 49.8 Å². The summed E-state index contributed by atoms with van der Waals surface area (Å²) in [4.78, 5) is 11.9. The summed E-state index contributed by atoms with van der Waals surface area (Å²) in [6.45, 7) is 3.74. The molecule has 1 saturated carbocycles. The number of benzene rings is 1. The second-order valence-corrected chi connectivity index (χ2v) is 5.58. The average molecular weight is 272 g/mol. The van der Waals surface area contributed by atoms with Crippen molar-refractivity contribution in [2.75, 3.05) is 6.61 Å². The first-order valence-corrected chi connectivity index (χ1v) is 7.34. The summed E-state index contributed by atoms with van der Waals surface area (Å²) in [6, 6.07) is 8.31. The first kappa shape index (κ1) is 13.2. The molecule has 0 bridgehead atoms. The molecule has 0 radical (unpaired) electrons.